The van der Waals surface area contributed by atoms with Crippen LogP contribution in [0.1, 0.15) is 12.8 Å². The number of hydrogen-bond acceptors (Lipinski definition) is 6. The van der Waals surface area contributed by atoms with E-state index in [2.05, 4.69) is 5.32 Å². The lowest BCUT2D eigenvalue weighted by Gasteiger charge is -2.26. The third-order valence-corrected chi connectivity index (χ3v) is 7.08. The predicted octanol–water partition coefficient (Wildman–Crippen LogP) is -1.59. The van der Waals surface area contributed by atoms with Crippen LogP contribution in [0, 0.1) is 0 Å². The molecule has 20 heavy (non-hydrogen) atoms. The van der Waals surface area contributed by atoms with Crippen LogP contribution in [0.2, 0.25) is 0 Å². The number of carbonyl (C=O) groups excluding carboxylic acids is 1. The van der Waals surface area contributed by atoms with Crippen molar-refractivity contribution < 1.29 is 21.6 Å². The van der Waals surface area contributed by atoms with Crippen molar-refractivity contribution in [2.75, 3.05) is 42.6 Å². The Morgan fingerprint density at radius 2 is 1.80 bits per heavy atom. The van der Waals surface area contributed by atoms with E-state index < -0.39 is 19.7 Å². The molecule has 1 unspecified atom stereocenters. The van der Waals surface area contributed by atoms with Gasteiger partial charge in [0.25, 0.3) is 0 Å². The monoisotopic (exact) mass is 324 g/mol. The highest BCUT2D eigenvalue weighted by Crippen LogP contribution is 2.10. The molecule has 0 bridgehead atoms. The van der Waals surface area contributed by atoms with Crippen LogP contribution in [0.3, 0.4) is 0 Å². The van der Waals surface area contributed by atoms with Gasteiger partial charge in [0.1, 0.15) is 0 Å². The molecule has 0 aromatic carbocycles. The quantitative estimate of drug-likeness (QED) is 0.657. The van der Waals surface area contributed by atoms with Gasteiger partial charge in [-0.3, -0.25) is 4.79 Å². The Bertz CT molecular complexity index is 570. The normalized spacial score (nSPS) is 29.6. The fourth-order valence-electron chi connectivity index (χ4n) is 2.53. The van der Waals surface area contributed by atoms with Crippen LogP contribution in [0.4, 0.5) is 0 Å². The van der Waals surface area contributed by atoms with Crippen molar-refractivity contribution in [1.29, 1.82) is 0 Å². The smallest absolute Gasteiger partial charge is 0.224 e. The molecule has 0 spiro atoms. The Morgan fingerprint density at radius 1 is 1.05 bits per heavy atom. The Kier molecular flexibility index (Phi) is 4.70. The summed E-state index contributed by atoms with van der Waals surface area (Å²) in [6, 6.07) is -0.360. The minimum Gasteiger partial charge on any atom is -0.342 e. The van der Waals surface area contributed by atoms with Crippen LogP contribution in [-0.4, -0.2) is 76.3 Å². The first-order valence-electron chi connectivity index (χ1n) is 6.69. The molecule has 0 saturated carbocycles. The summed E-state index contributed by atoms with van der Waals surface area (Å²) in [4.78, 5) is 13.7. The molecule has 2 heterocycles. The largest absolute Gasteiger partial charge is 0.342 e. The van der Waals surface area contributed by atoms with E-state index in [0.717, 1.165) is 0 Å². The summed E-state index contributed by atoms with van der Waals surface area (Å²) in [6.07, 6.45) is 0.559. The van der Waals surface area contributed by atoms with Gasteiger partial charge in [0.15, 0.2) is 19.7 Å². The van der Waals surface area contributed by atoms with Gasteiger partial charge in [0.2, 0.25) is 5.91 Å². The van der Waals surface area contributed by atoms with Crippen molar-refractivity contribution in [2.24, 2.45) is 0 Å². The fourth-order valence-corrected chi connectivity index (χ4v) is 5.24. The van der Waals surface area contributed by atoms with E-state index in [0.29, 0.717) is 19.5 Å². The summed E-state index contributed by atoms with van der Waals surface area (Å²) in [5, 5.41) is 3.03. The highest BCUT2D eigenvalue weighted by Gasteiger charge is 2.29. The lowest BCUT2D eigenvalue weighted by atomic mass is 10.2. The van der Waals surface area contributed by atoms with Gasteiger partial charge in [-0.2, -0.15) is 0 Å². The maximum atomic E-state index is 12.1. The minimum atomic E-state index is -3.06. The first kappa shape index (κ1) is 15.7. The lowest BCUT2D eigenvalue weighted by molar-refractivity contribution is -0.131. The zero-order chi connectivity index (χ0) is 14.8. The van der Waals surface area contributed by atoms with Crippen molar-refractivity contribution >= 4 is 25.6 Å². The van der Waals surface area contributed by atoms with Gasteiger partial charge in [0.05, 0.1) is 23.0 Å². The Labute approximate surface area is 119 Å². The Morgan fingerprint density at radius 3 is 2.50 bits per heavy atom. The summed E-state index contributed by atoms with van der Waals surface area (Å²) >= 11 is 0. The first-order chi connectivity index (χ1) is 9.27. The molecule has 2 aliphatic heterocycles. The molecule has 0 aromatic rings. The lowest BCUT2D eigenvalue weighted by Crippen LogP contribution is -2.48. The van der Waals surface area contributed by atoms with Crippen LogP contribution in [0.25, 0.3) is 0 Å². The topological polar surface area (TPSA) is 101 Å². The number of hydrogen-bond donors (Lipinski definition) is 1. The van der Waals surface area contributed by atoms with Gasteiger partial charge >= 0.3 is 0 Å². The average Bonchev–Trinajstić information content (AvgIpc) is 2.49. The first-order valence-corrected chi connectivity index (χ1v) is 10.3. The molecule has 2 rings (SSSR count). The third-order valence-electron chi connectivity index (χ3n) is 3.63. The molecule has 0 aromatic heterocycles. The Balaban J connectivity index is 1.91. The molecule has 2 saturated heterocycles. The van der Waals surface area contributed by atoms with E-state index in [1.165, 1.54) is 4.90 Å². The van der Waals surface area contributed by atoms with Crippen LogP contribution < -0.4 is 5.32 Å². The average molecular weight is 324 g/mol. The van der Waals surface area contributed by atoms with E-state index in [1.54, 1.807) is 0 Å². The van der Waals surface area contributed by atoms with Crippen molar-refractivity contribution in [2.45, 2.75) is 18.9 Å². The van der Waals surface area contributed by atoms with E-state index >= 15 is 0 Å². The molecule has 1 amide bonds. The number of nitrogens with zero attached hydrogens (tertiary/aromatic N) is 1. The van der Waals surface area contributed by atoms with Crippen LogP contribution >= 0.6 is 0 Å². The van der Waals surface area contributed by atoms with Gasteiger partial charge in [-0.05, 0) is 6.42 Å². The zero-order valence-corrected chi connectivity index (χ0v) is 12.9. The molecule has 1 N–H and O–H groups in total. The molecule has 1 atom stereocenters. The van der Waals surface area contributed by atoms with E-state index in [9.17, 15) is 21.6 Å². The molecular weight excluding hydrogens is 304 g/mol. The maximum Gasteiger partial charge on any atom is 0.224 e. The summed E-state index contributed by atoms with van der Waals surface area (Å²) in [6.45, 7) is 1.01. The SMILES string of the molecule is O=C(CC1CS(=O)(=O)CCN1)N1CCCS(=O)(=O)CC1. The van der Waals surface area contributed by atoms with Crippen molar-refractivity contribution in [3.05, 3.63) is 0 Å². The number of sulfone groups is 2. The Hall–Kier alpha value is -0.670. The second kappa shape index (κ2) is 5.98. The van der Waals surface area contributed by atoms with Crippen LogP contribution in [-0.2, 0) is 24.5 Å². The molecule has 2 fully saturated rings. The number of amides is 1. The fraction of sp³-hybridized carbons (Fsp3) is 0.909. The second-order valence-corrected chi connectivity index (χ2v) is 9.89. The summed E-state index contributed by atoms with van der Waals surface area (Å²) in [7, 11) is -6.11. The van der Waals surface area contributed by atoms with Crippen molar-refractivity contribution in [3.8, 4) is 0 Å². The van der Waals surface area contributed by atoms with Crippen molar-refractivity contribution in [3.63, 3.8) is 0 Å². The standard InChI is InChI=1S/C11H20N2O5S2/c14-11(8-10-9-20(17,18)6-2-12-10)13-3-1-5-19(15,16)7-4-13/h10,12H,1-9H2. The van der Waals surface area contributed by atoms with Gasteiger partial charge in [-0.1, -0.05) is 0 Å². The van der Waals surface area contributed by atoms with Gasteiger partial charge in [-0.25, -0.2) is 16.8 Å². The number of carbonyl (C=O) groups is 1. The summed E-state index contributed by atoms with van der Waals surface area (Å²) < 4.78 is 46.0. The van der Waals surface area contributed by atoms with Gasteiger partial charge in [0, 0.05) is 32.1 Å². The van der Waals surface area contributed by atoms with Gasteiger partial charge in [-0.15, -0.1) is 0 Å². The summed E-state index contributed by atoms with van der Waals surface area (Å²) in [5.74, 6) is 0.0312. The summed E-state index contributed by atoms with van der Waals surface area (Å²) in [5.41, 5.74) is 0. The number of rotatable bonds is 2. The molecule has 9 heteroatoms. The zero-order valence-electron chi connectivity index (χ0n) is 11.2. The van der Waals surface area contributed by atoms with Crippen molar-refractivity contribution in [1.82, 2.24) is 10.2 Å². The minimum absolute atomic E-state index is 0.00483. The maximum absolute atomic E-state index is 12.1. The molecule has 2 aliphatic rings. The molecular formula is C11H20N2O5S2. The van der Waals surface area contributed by atoms with E-state index in [4.69, 9.17) is 0 Å². The third kappa shape index (κ3) is 4.42. The molecule has 0 radical (unpaired) electrons. The molecule has 116 valence electrons. The van der Waals surface area contributed by atoms with Gasteiger partial charge < -0.3 is 10.2 Å². The van der Waals surface area contributed by atoms with E-state index in [1.807, 2.05) is 0 Å². The highest BCUT2D eigenvalue weighted by atomic mass is 32.2. The highest BCUT2D eigenvalue weighted by molar-refractivity contribution is 7.91. The second-order valence-electron chi connectivity index (χ2n) is 5.36. The van der Waals surface area contributed by atoms with Crippen LogP contribution in [0.5, 0.6) is 0 Å². The number of nitrogens with one attached hydrogen (secondary N) is 1. The van der Waals surface area contributed by atoms with E-state index in [-0.39, 0.29) is 47.9 Å². The molecule has 7 nitrogen and oxygen atoms in total. The van der Waals surface area contributed by atoms with Crippen LogP contribution in [0.15, 0.2) is 0 Å². The molecule has 0 aliphatic carbocycles. The predicted molar refractivity (Wildman–Crippen MR) is 74.9 cm³/mol.